The number of benzene rings is 1. The molecule has 2 aromatic rings. The molecule has 0 N–H and O–H groups in total. The summed E-state index contributed by atoms with van der Waals surface area (Å²) in [6, 6.07) is 9.08. The lowest BCUT2D eigenvalue weighted by molar-refractivity contribution is -0.154. The lowest BCUT2D eigenvalue weighted by atomic mass is 10.2. The van der Waals surface area contributed by atoms with Crippen LogP contribution < -0.4 is 4.74 Å². The van der Waals surface area contributed by atoms with Crippen LogP contribution in [0, 0.1) is 0 Å². The Hall–Kier alpha value is -2.83. The van der Waals surface area contributed by atoms with Crippen LogP contribution in [-0.4, -0.2) is 52.9 Å². The Balaban J connectivity index is 1.89. The van der Waals surface area contributed by atoms with E-state index < -0.39 is 5.60 Å². The summed E-state index contributed by atoms with van der Waals surface area (Å²) in [5.41, 5.74) is 0.695. The summed E-state index contributed by atoms with van der Waals surface area (Å²) >= 11 is 0. The maximum Gasteiger partial charge on any atom is 0.306 e. The monoisotopic (exact) mass is 373 g/mol. The van der Waals surface area contributed by atoms with Crippen LogP contribution in [0.4, 0.5) is 0 Å². The number of esters is 1. The average molecular weight is 373 g/mol. The van der Waals surface area contributed by atoms with Crippen LogP contribution in [0.15, 0.2) is 36.5 Å². The SMILES string of the molecule is COc1ccc(-n2ccc(C(=O)N(C)CCCC(=O)OC(C)(C)C)n2)cc1. The molecule has 0 bridgehead atoms. The summed E-state index contributed by atoms with van der Waals surface area (Å²) < 4.78 is 12.0. The van der Waals surface area contributed by atoms with Crippen LogP contribution >= 0.6 is 0 Å². The third kappa shape index (κ3) is 6.13. The molecule has 0 unspecified atom stereocenters. The lowest BCUT2D eigenvalue weighted by Crippen LogP contribution is -2.29. The molecule has 1 amide bonds. The molecule has 7 nitrogen and oxygen atoms in total. The molecular formula is C20H27N3O4. The minimum absolute atomic E-state index is 0.188. The minimum atomic E-state index is -0.493. The summed E-state index contributed by atoms with van der Waals surface area (Å²) in [6.45, 7) is 5.95. The number of carbonyl (C=O) groups is 2. The highest BCUT2D eigenvalue weighted by atomic mass is 16.6. The van der Waals surface area contributed by atoms with E-state index in [1.54, 1.807) is 36.0 Å². The van der Waals surface area contributed by atoms with Crippen LogP contribution in [0.5, 0.6) is 5.75 Å². The van der Waals surface area contributed by atoms with E-state index in [1.807, 2.05) is 45.0 Å². The highest BCUT2D eigenvalue weighted by molar-refractivity contribution is 5.92. The summed E-state index contributed by atoms with van der Waals surface area (Å²) in [6.07, 6.45) is 2.55. The fourth-order valence-electron chi connectivity index (χ4n) is 2.47. The molecule has 1 heterocycles. The largest absolute Gasteiger partial charge is 0.497 e. The van der Waals surface area contributed by atoms with Crippen molar-refractivity contribution in [2.75, 3.05) is 20.7 Å². The Morgan fingerprint density at radius 3 is 2.41 bits per heavy atom. The number of carbonyl (C=O) groups excluding carboxylic acids is 2. The number of hydrogen-bond donors (Lipinski definition) is 0. The van der Waals surface area contributed by atoms with Gasteiger partial charge >= 0.3 is 5.97 Å². The zero-order valence-corrected chi connectivity index (χ0v) is 16.6. The van der Waals surface area contributed by atoms with Crippen molar-refractivity contribution in [3.05, 3.63) is 42.2 Å². The van der Waals surface area contributed by atoms with E-state index in [0.29, 0.717) is 18.7 Å². The van der Waals surface area contributed by atoms with Gasteiger partial charge in [-0.2, -0.15) is 5.10 Å². The van der Waals surface area contributed by atoms with E-state index in [2.05, 4.69) is 5.10 Å². The smallest absolute Gasteiger partial charge is 0.306 e. The number of nitrogens with zero attached hydrogens (tertiary/aromatic N) is 3. The number of ether oxygens (including phenoxy) is 2. The number of aromatic nitrogens is 2. The van der Waals surface area contributed by atoms with Crippen molar-refractivity contribution in [3.8, 4) is 11.4 Å². The fraction of sp³-hybridized carbons (Fsp3) is 0.450. The van der Waals surface area contributed by atoms with E-state index in [-0.39, 0.29) is 18.3 Å². The highest BCUT2D eigenvalue weighted by Crippen LogP contribution is 2.15. The normalized spacial score (nSPS) is 11.1. The molecule has 1 aromatic carbocycles. The topological polar surface area (TPSA) is 73.7 Å². The van der Waals surface area contributed by atoms with Crippen molar-refractivity contribution in [1.82, 2.24) is 14.7 Å². The van der Waals surface area contributed by atoms with Gasteiger partial charge in [-0.05, 0) is 57.5 Å². The molecule has 2 rings (SSSR count). The molecule has 7 heteroatoms. The van der Waals surface area contributed by atoms with Crippen LogP contribution in [0.25, 0.3) is 5.69 Å². The van der Waals surface area contributed by atoms with E-state index in [4.69, 9.17) is 9.47 Å². The first-order valence-electron chi connectivity index (χ1n) is 8.87. The Morgan fingerprint density at radius 2 is 1.81 bits per heavy atom. The molecule has 146 valence electrons. The first-order valence-corrected chi connectivity index (χ1v) is 8.87. The van der Waals surface area contributed by atoms with Crippen LogP contribution in [0.1, 0.15) is 44.1 Å². The number of methoxy groups -OCH3 is 1. The first-order chi connectivity index (χ1) is 12.7. The second kappa shape index (κ2) is 8.70. The van der Waals surface area contributed by atoms with Crippen molar-refractivity contribution in [2.24, 2.45) is 0 Å². The molecule has 0 spiro atoms. The molecule has 0 aliphatic carbocycles. The van der Waals surface area contributed by atoms with Crippen molar-refractivity contribution < 1.29 is 19.1 Å². The van der Waals surface area contributed by atoms with Gasteiger partial charge in [0, 0.05) is 26.2 Å². The molecule has 0 aliphatic rings. The number of hydrogen-bond acceptors (Lipinski definition) is 5. The van der Waals surface area contributed by atoms with Gasteiger partial charge < -0.3 is 14.4 Å². The van der Waals surface area contributed by atoms with E-state index >= 15 is 0 Å². The minimum Gasteiger partial charge on any atom is -0.497 e. The Bertz CT molecular complexity index is 775. The molecule has 1 aromatic heterocycles. The standard InChI is InChI=1S/C20H27N3O4/c1-20(2,3)27-18(24)7-6-13-22(4)19(25)17-12-14-23(21-17)15-8-10-16(26-5)11-9-15/h8-12,14H,6-7,13H2,1-5H3. The predicted octanol–water partition coefficient (Wildman–Crippen LogP) is 3.07. The average Bonchev–Trinajstić information content (AvgIpc) is 3.09. The lowest BCUT2D eigenvalue weighted by Gasteiger charge is -2.20. The highest BCUT2D eigenvalue weighted by Gasteiger charge is 2.18. The maximum absolute atomic E-state index is 12.5. The quantitative estimate of drug-likeness (QED) is 0.698. The second-order valence-corrected chi connectivity index (χ2v) is 7.26. The van der Waals surface area contributed by atoms with Crippen LogP contribution in [0.2, 0.25) is 0 Å². The molecule has 0 radical (unpaired) electrons. The molecule has 0 aliphatic heterocycles. The predicted molar refractivity (Wildman–Crippen MR) is 102 cm³/mol. The first kappa shape index (κ1) is 20.5. The molecule has 0 fully saturated rings. The van der Waals surface area contributed by atoms with Crippen molar-refractivity contribution in [1.29, 1.82) is 0 Å². The van der Waals surface area contributed by atoms with E-state index in [0.717, 1.165) is 11.4 Å². The van der Waals surface area contributed by atoms with Gasteiger partial charge in [0.1, 0.15) is 11.4 Å². The van der Waals surface area contributed by atoms with Gasteiger partial charge in [0.15, 0.2) is 5.69 Å². The fourth-order valence-corrected chi connectivity index (χ4v) is 2.47. The summed E-state index contributed by atoms with van der Waals surface area (Å²) in [7, 11) is 3.31. The summed E-state index contributed by atoms with van der Waals surface area (Å²) in [4.78, 5) is 25.8. The molecular weight excluding hydrogens is 346 g/mol. The van der Waals surface area contributed by atoms with Crippen LogP contribution in [-0.2, 0) is 9.53 Å². The van der Waals surface area contributed by atoms with E-state index in [9.17, 15) is 9.59 Å². The number of amides is 1. The van der Waals surface area contributed by atoms with Gasteiger partial charge in [-0.1, -0.05) is 0 Å². The second-order valence-electron chi connectivity index (χ2n) is 7.26. The van der Waals surface area contributed by atoms with Gasteiger partial charge in [-0.15, -0.1) is 0 Å². The van der Waals surface area contributed by atoms with Crippen LogP contribution in [0.3, 0.4) is 0 Å². The zero-order valence-electron chi connectivity index (χ0n) is 16.6. The van der Waals surface area contributed by atoms with Crippen molar-refractivity contribution in [3.63, 3.8) is 0 Å². The van der Waals surface area contributed by atoms with Gasteiger partial charge in [0.2, 0.25) is 0 Å². The third-order valence-electron chi connectivity index (χ3n) is 3.79. The zero-order chi connectivity index (χ0) is 20.0. The van der Waals surface area contributed by atoms with Gasteiger partial charge in [-0.3, -0.25) is 9.59 Å². The Labute approximate surface area is 159 Å². The van der Waals surface area contributed by atoms with Gasteiger partial charge in [-0.25, -0.2) is 4.68 Å². The summed E-state index contributed by atoms with van der Waals surface area (Å²) in [5, 5.41) is 4.34. The number of rotatable bonds is 7. The van der Waals surface area contributed by atoms with Crippen molar-refractivity contribution >= 4 is 11.9 Å². The Kier molecular flexibility index (Phi) is 6.60. The molecule has 27 heavy (non-hydrogen) atoms. The maximum atomic E-state index is 12.5. The molecule has 0 atom stereocenters. The summed E-state index contributed by atoms with van der Waals surface area (Å²) in [5.74, 6) is 0.311. The molecule has 0 saturated heterocycles. The van der Waals surface area contributed by atoms with Gasteiger partial charge in [0.05, 0.1) is 12.8 Å². The van der Waals surface area contributed by atoms with Gasteiger partial charge in [0.25, 0.3) is 5.91 Å². The third-order valence-corrected chi connectivity index (χ3v) is 3.79. The Morgan fingerprint density at radius 1 is 1.15 bits per heavy atom. The van der Waals surface area contributed by atoms with E-state index in [1.165, 1.54) is 0 Å². The van der Waals surface area contributed by atoms with Crippen molar-refractivity contribution in [2.45, 2.75) is 39.2 Å². The molecule has 0 saturated carbocycles.